The minimum Gasteiger partial charge on any atom is -0.378 e. The molecule has 1 aliphatic rings. The standard InChI is InChI=1S/C13H24N6O2/c1-5-14-10-16-11(18-12(17-10)19(2)3)15-8-13(20-4)6-7-21-9-13/h5-9H2,1-4H3,(H2,14,15,16,17,18). The normalized spacial score (nSPS) is 21.3. The van der Waals surface area contributed by atoms with Crippen molar-refractivity contribution in [3.63, 3.8) is 0 Å². The van der Waals surface area contributed by atoms with Crippen molar-refractivity contribution in [2.45, 2.75) is 18.9 Å². The summed E-state index contributed by atoms with van der Waals surface area (Å²) in [5.74, 6) is 1.71. The molecule has 0 radical (unpaired) electrons. The van der Waals surface area contributed by atoms with Crippen LogP contribution in [0.25, 0.3) is 0 Å². The lowest BCUT2D eigenvalue weighted by Crippen LogP contribution is -2.40. The third-order valence-electron chi connectivity index (χ3n) is 3.43. The van der Waals surface area contributed by atoms with Crippen LogP contribution in [0.4, 0.5) is 17.8 Å². The Morgan fingerprint density at radius 1 is 1.24 bits per heavy atom. The average Bonchev–Trinajstić information content (AvgIpc) is 2.95. The van der Waals surface area contributed by atoms with E-state index in [4.69, 9.17) is 9.47 Å². The molecule has 1 aromatic rings. The topological polar surface area (TPSA) is 84.4 Å². The largest absolute Gasteiger partial charge is 0.378 e. The molecule has 2 N–H and O–H groups in total. The number of aromatic nitrogens is 3. The molecule has 0 aliphatic carbocycles. The molecular weight excluding hydrogens is 272 g/mol. The molecule has 0 amide bonds. The second-order valence-corrected chi connectivity index (χ2v) is 5.25. The Morgan fingerprint density at radius 3 is 2.48 bits per heavy atom. The zero-order chi connectivity index (χ0) is 15.3. The fourth-order valence-electron chi connectivity index (χ4n) is 2.08. The summed E-state index contributed by atoms with van der Waals surface area (Å²) in [5, 5.41) is 6.35. The van der Waals surface area contributed by atoms with E-state index in [0.29, 0.717) is 31.0 Å². The average molecular weight is 296 g/mol. The number of anilines is 3. The third kappa shape index (κ3) is 3.92. The Bertz CT molecular complexity index is 462. The first kappa shape index (κ1) is 15.7. The molecule has 1 atom stereocenters. The summed E-state index contributed by atoms with van der Waals surface area (Å²) < 4.78 is 11.0. The van der Waals surface area contributed by atoms with Gasteiger partial charge in [0.1, 0.15) is 5.60 Å². The second-order valence-electron chi connectivity index (χ2n) is 5.25. The summed E-state index contributed by atoms with van der Waals surface area (Å²) in [6, 6.07) is 0. The predicted octanol–water partition coefficient (Wildman–Crippen LogP) is 0.587. The fraction of sp³-hybridized carbons (Fsp3) is 0.769. The van der Waals surface area contributed by atoms with Crippen LogP contribution in [0.2, 0.25) is 0 Å². The van der Waals surface area contributed by atoms with E-state index in [9.17, 15) is 0 Å². The smallest absolute Gasteiger partial charge is 0.231 e. The third-order valence-corrected chi connectivity index (χ3v) is 3.43. The number of nitrogens with zero attached hydrogens (tertiary/aromatic N) is 4. The van der Waals surface area contributed by atoms with E-state index in [1.165, 1.54) is 0 Å². The number of ether oxygens (including phenoxy) is 2. The van der Waals surface area contributed by atoms with E-state index >= 15 is 0 Å². The van der Waals surface area contributed by atoms with Crippen molar-refractivity contribution in [2.75, 3.05) is 63.0 Å². The van der Waals surface area contributed by atoms with Crippen LogP contribution in [-0.4, -0.2) is 68.1 Å². The van der Waals surface area contributed by atoms with Gasteiger partial charge in [-0.15, -0.1) is 0 Å². The van der Waals surface area contributed by atoms with Crippen LogP contribution in [0.3, 0.4) is 0 Å². The molecule has 2 rings (SSSR count). The first-order chi connectivity index (χ1) is 10.1. The number of hydrogen-bond acceptors (Lipinski definition) is 8. The highest BCUT2D eigenvalue weighted by Gasteiger charge is 2.35. The molecule has 1 aromatic heterocycles. The summed E-state index contributed by atoms with van der Waals surface area (Å²) in [6.45, 7) is 4.67. The summed E-state index contributed by atoms with van der Waals surface area (Å²) in [6.07, 6.45) is 0.863. The van der Waals surface area contributed by atoms with Crippen molar-refractivity contribution in [1.82, 2.24) is 15.0 Å². The first-order valence-electron chi connectivity index (χ1n) is 7.12. The maximum Gasteiger partial charge on any atom is 0.231 e. The first-order valence-corrected chi connectivity index (χ1v) is 7.12. The number of hydrogen-bond donors (Lipinski definition) is 2. The maximum absolute atomic E-state index is 5.59. The van der Waals surface area contributed by atoms with Gasteiger partial charge in [-0.3, -0.25) is 0 Å². The molecule has 1 unspecified atom stereocenters. The van der Waals surface area contributed by atoms with E-state index in [0.717, 1.165) is 19.6 Å². The Kier molecular flexibility index (Phi) is 5.13. The molecule has 1 saturated heterocycles. The van der Waals surface area contributed by atoms with E-state index in [2.05, 4.69) is 25.6 Å². The van der Waals surface area contributed by atoms with Crippen molar-refractivity contribution < 1.29 is 9.47 Å². The molecule has 0 spiro atoms. The fourth-order valence-corrected chi connectivity index (χ4v) is 2.08. The quantitative estimate of drug-likeness (QED) is 0.756. The molecule has 1 fully saturated rings. The Balaban J connectivity index is 2.11. The molecule has 1 aliphatic heterocycles. The zero-order valence-corrected chi connectivity index (χ0v) is 13.1. The van der Waals surface area contributed by atoms with Gasteiger partial charge in [0.05, 0.1) is 6.61 Å². The van der Waals surface area contributed by atoms with Crippen LogP contribution in [0, 0.1) is 0 Å². The minimum atomic E-state index is -0.302. The van der Waals surface area contributed by atoms with Gasteiger partial charge >= 0.3 is 0 Å². The number of rotatable bonds is 7. The van der Waals surface area contributed by atoms with Crippen LogP contribution >= 0.6 is 0 Å². The van der Waals surface area contributed by atoms with Gasteiger partial charge in [0.2, 0.25) is 17.8 Å². The van der Waals surface area contributed by atoms with Crippen LogP contribution in [0.5, 0.6) is 0 Å². The van der Waals surface area contributed by atoms with Crippen molar-refractivity contribution in [3.05, 3.63) is 0 Å². The molecule has 2 heterocycles. The van der Waals surface area contributed by atoms with Gasteiger partial charge in [0.25, 0.3) is 0 Å². The van der Waals surface area contributed by atoms with Gasteiger partial charge < -0.3 is 25.0 Å². The highest BCUT2D eigenvalue weighted by molar-refractivity contribution is 5.43. The lowest BCUT2D eigenvalue weighted by atomic mass is 10.0. The van der Waals surface area contributed by atoms with Crippen molar-refractivity contribution in [3.8, 4) is 0 Å². The molecule has 118 valence electrons. The van der Waals surface area contributed by atoms with Gasteiger partial charge in [0, 0.05) is 47.3 Å². The van der Waals surface area contributed by atoms with Gasteiger partial charge in [0.15, 0.2) is 0 Å². The molecule has 8 nitrogen and oxygen atoms in total. The molecule has 0 aromatic carbocycles. The minimum absolute atomic E-state index is 0.302. The Hall–Kier alpha value is -1.67. The SMILES string of the molecule is CCNc1nc(NCC2(OC)CCOC2)nc(N(C)C)n1. The Morgan fingerprint density at radius 2 is 1.95 bits per heavy atom. The van der Waals surface area contributed by atoms with Crippen LogP contribution in [0.1, 0.15) is 13.3 Å². The second kappa shape index (κ2) is 6.86. The van der Waals surface area contributed by atoms with E-state index in [1.807, 2.05) is 25.9 Å². The highest BCUT2D eigenvalue weighted by Crippen LogP contribution is 2.23. The van der Waals surface area contributed by atoms with Gasteiger partial charge in [-0.05, 0) is 6.92 Å². The summed E-state index contributed by atoms with van der Waals surface area (Å²) in [7, 11) is 5.51. The predicted molar refractivity (Wildman–Crippen MR) is 82.0 cm³/mol. The van der Waals surface area contributed by atoms with Crippen molar-refractivity contribution in [1.29, 1.82) is 0 Å². The van der Waals surface area contributed by atoms with Gasteiger partial charge in [-0.1, -0.05) is 0 Å². The molecular formula is C13H24N6O2. The van der Waals surface area contributed by atoms with Crippen LogP contribution in [0.15, 0.2) is 0 Å². The molecule has 21 heavy (non-hydrogen) atoms. The molecule has 8 heteroatoms. The van der Waals surface area contributed by atoms with Crippen LogP contribution in [-0.2, 0) is 9.47 Å². The summed E-state index contributed by atoms with van der Waals surface area (Å²) in [5.41, 5.74) is -0.302. The maximum atomic E-state index is 5.59. The molecule has 0 saturated carbocycles. The van der Waals surface area contributed by atoms with Gasteiger partial charge in [-0.25, -0.2) is 0 Å². The Labute approximate surface area is 125 Å². The lowest BCUT2D eigenvalue weighted by molar-refractivity contribution is -0.00631. The van der Waals surface area contributed by atoms with E-state index in [1.54, 1.807) is 7.11 Å². The van der Waals surface area contributed by atoms with Gasteiger partial charge in [-0.2, -0.15) is 15.0 Å². The van der Waals surface area contributed by atoms with E-state index < -0.39 is 0 Å². The number of methoxy groups -OCH3 is 1. The monoisotopic (exact) mass is 296 g/mol. The number of nitrogens with one attached hydrogen (secondary N) is 2. The lowest BCUT2D eigenvalue weighted by Gasteiger charge is -2.26. The summed E-state index contributed by atoms with van der Waals surface area (Å²) >= 11 is 0. The van der Waals surface area contributed by atoms with Crippen molar-refractivity contribution in [2.24, 2.45) is 0 Å². The summed E-state index contributed by atoms with van der Waals surface area (Å²) in [4.78, 5) is 14.9. The molecule has 0 bridgehead atoms. The highest BCUT2D eigenvalue weighted by atomic mass is 16.5. The van der Waals surface area contributed by atoms with Crippen LogP contribution < -0.4 is 15.5 Å². The van der Waals surface area contributed by atoms with E-state index in [-0.39, 0.29) is 5.60 Å². The van der Waals surface area contributed by atoms with Crippen molar-refractivity contribution >= 4 is 17.8 Å². The zero-order valence-electron chi connectivity index (χ0n) is 13.1.